The number of halogens is 4. The van der Waals surface area contributed by atoms with Gasteiger partial charge >= 0.3 is 6.18 Å². The van der Waals surface area contributed by atoms with E-state index in [4.69, 9.17) is 11.6 Å². The van der Waals surface area contributed by atoms with Crippen LogP contribution >= 0.6 is 11.6 Å². The second-order valence-corrected chi connectivity index (χ2v) is 4.31. The summed E-state index contributed by atoms with van der Waals surface area (Å²) in [6.07, 6.45) is -1.71. The van der Waals surface area contributed by atoms with Gasteiger partial charge in [0.15, 0.2) is 0 Å². The molecule has 1 N–H and O–H groups in total. The number of rotatable bonds is 5. The summed E-state index contributed by atoms with van der Waals surface area (Å²) in [6, 6.07) is 2.30. The van der Waals surface area contributed by atoms with E-state index in [1.54, 1.807) is 0 Å². The lowest BCUT2D eigenvalue weighted by Crippen LogP contribution is -2.15. The number of nitrogens with one attached hydrogen (secondary N) is 1. The van der Waals surface area contributed by atoms with Gasteiger partial charge in [0.1, 0.15) is 5.82 Å². The van der Waals surface area contributed by atoms with Gasteiger partial charge in [-0.1, -0.05) is 13.3 Å². The average Bonchev–Trinajstić information content (AvgIpc) is 2.26. The Morgan fingerprint density at radius 1 is 1.41 bits per heavy atom. The fourth-order valence-corrected chi connectivity index (χ4v) is 1.59. The Labute approximate surface area is 103 Å². The summed E-state index contributed by atoms with van der Waals surface area (Å²) < 4.78 is 36.8. The lowest BCUT2D eigenvalue weighted by Gasteiger charge is -2.11. The van der Waals surface area contributed by atoms with E-state index in [1.165, 1.54) is 6.07 Å². The molecule has 1 unspecified atom stereocenters. The molecule has 1 aromatic heterocycles. The lowest BCUT2D eigenvalue weighted by molar-refractivity contribution is -0.137. The van der Waals surface area contributed by atoms with Crippen molar-refractivity contribution in [2.24, 2.45) is 0 Å². The number of anilines is 1. The van der Waals surface area contributed by atoms with Gasteiger partial charge in [-0.25, -0.2) is 4.98 Å². The SMILES string of the molecule is CCCC(Cl)CNc1ccc(C(F)(F)F)cn1. The predicted octanol–water partition coefficient (Wildman–Crippen LogP) is 3.92. The van der Waals surface area contributed by atoms with E-state index < -0.39 is 11.7 Å². The Morgan fingerprint density at radius 3 is 2.59 bits per heavy atom. The number of hydrogen-bond donors (Lipinski definition) is 1. The molecule has 1 rings (SSSR count). The van der Waals surface area contributed by atoms with Gasteiger partial charge in [-0.2, -0.15) is 13.2 Å². The molecular weight excluding hydrogens is 253 g/mol. The second-order valence-electron chi connectivity index (χ2n) is 3.70. The first-order valence-corrected chi connectivity index (χ1v) is 5.78. The standard InChI is InChI=1S/C11H14ClF3N2/c1-2-3-9(12)7-17-10-5-4-8(6-16-10)11(13,14)15/h4-6,9H,2-3,7H2,1H3,(H,16,17). The second kappa shape index (κ2) is 6.10. The highest BCUT2D eigenvalue weighted by Crippen LogP contribution is 2.28. The van der Waals surface area contributed by atoms with Gasteiger partial charge in [0.2, 0.25) is 0 Å². The molecule has 0 saturated heterocycles. The van der Waals surface area contributed by atoms with Crippen molar-refractivity contribution in [1.29, 1.82) is 0 Å². The Bertz CT molecular complexity index is 338. The minimum absolute atomic E-state index is 0.0379. The van der Waals surface area contributed by atoms with Crippen molar-refractivity contribution in [2.45, 2.75) is 31.3 Å². The van der Waals surface area contributed by atoms with Crippen molar-refractivity contribution in [3.8, 4) is 0 Å². The van der Waals surface area contributed by atoms with Gasteiger partial charge in [0, 0.05) is 12.7 Å². The Balaban J connectivity index is 2.51. The number of nitrogens with zero attached hydrogens (tertiary/aromatic N) is 1. The third kappa shape index (κ3) is 4.81. The van der Waals surface area contributed by atoms with Crippen LogP contribution in [0.2, 0.25) is 0 Å². The summed E-state index contributed by atoms with van der Waals surface area (Å²) in [7, 11) is 0. The van der Waals surface area contributed by atoms with Gasteiger partial charge in [-0.15, -0.1) is 11.6 Å². The maximum atomic E-state index is 12.3. The van der Waals surface area contributed by atoms with Crippen LogP contribution in [0, 0.1) is 0 Å². The molecule has 6 heteroatoms. The van der Waals surface area contributed by atoms with Crippen molar-refractivity contribution >= 4 is 17.4 Å². The molecule has 0 amide bonds. The monoisotopic (exact) mass is 266 g/mol. The summed E-state index contributed by atoms with van der Waals surface area (Å²) in [5.41, 5.74) is -0.751. The molecule has 96 valence electrons. The van der Waals surface area contributed by atoms with Crippen LogP contribution in [0.1, 0.15) is 25.3 Å². The molecule has 1 heterocycles. The first-order valence-electron chi connectivity index (χ1n) is 5.34. The molecular formula is C11H14ClF3N2. The molecule has 1 atom stereocenters. The maximum Gasteiger partial charge on any atom is 0.417 e. The normalized spacial score (nSPS) is 13.5. The number of aromatic nitrogens is 1. The molecule has 0 bridgehead atoms. The molecule has 0 saturated carbocycles. The van der Waals surface area contributed by atoms with Crippen LogP contribution in [-0.2, 0) is 6.18 Å². The van der Waals surface area contributed by atoms with Gasteiger partial charge in [-0.3, -0.25) is 0 Å². The van der Waals surface area contributed by atoms with E-state index in [-0.39, 0.29) is 5.38 Å². The first-order chi connectivity index (χ1) is 7.93. The van der Waals surface area contributed by atoms with E-state index in [2.05, 4.69) is 10.3 Å². The number of pyridine rings is 1. The third-order valence-electron chi connectivity index (χ3n) is 2.20. The number of alkyl halides is 4. The van der Waals surface area contributed by atoms with E-state index >= 15 is 0 Å². The lowest BCUT2D eigenvalue weighted by atomic mass is 10.2. The molecule has 0 aliphatic heterocycles. The van der Waals surface area contributed by atoms with E-state index in [0.29, 0.717) is 12.4 Å². The zero-order chi connectivity index (χ0) is 12.9. The van der Waals surface area contributed by atoms with Gasteiger partial charge in [-0.05, 0) is 18.6 Å². The summed E-state index contributed by atoms with van der Waals surface area (Å²) in [6.45, 7) is 2.51. The molecule has 0 fully saturated rings. The minimum Gasteiger partial charge on any atom is -0.369 e. The Morgan fingerprint density at radius 2 is 2.12 bits per heavy atom. The predicted molar refractivity (Wildman–Crippen MR) is 62.3 cm³/mol. The molecule has 2 nitrogen and oxygen atoms in total. The highest BCUT2D eigenvalue weighted by molar-refractivity contribution is 6.20. The minimum atomic E-state index is -4.34. The summed E-state index contributed by atoms with van der Waals surface area (Å²) in [5, 5.41) is 2.86. The van der Waals surface area contributed by atoms with Crippen LogP contribution in [0.25, 0.3) is 0 Å². The highest BCUT2D eigenvalue weighted by atomic mass is 35.5. The van der Waals surface area contributed by atoms with E-state index in [1.807, 2.05) is 6.92 Å². The summed E-state index contributed by atoms with van der Waals surface area (Å²) in [5.74, 6) is 0.403. The third-order valence-corrected chi connectivity index (χ3v) is 2.57. The van der Waals surface area contributed by atoms with Crippen LogP contribution < -0.4 is 5.32 Å². The molecule has 0 radical (unpaired) electrons. The average molecular weight is 267 g/mol. The van der Waals surface area contributed by atoms with Crippen LogP contribution in [0.15, 0.2) is 18.3 Å². The van der Waals surface area contributed by atoms with Crippen molar-refractivity contribution < 1.29 is 13.2 Å². The van der Waals surface area contributed by atoms with Crippen molar-refractivity contribution in [3.63, 3.8) is 0 Å². The van der Waals surface area contributed by atoms with Gasteiger partial charge in [0.05, 0.1) is 10.9 Å². The Hall–Kier alpha value is -0.970. The summed E-state index contributed by atoms with van der Waals surface area (Å²) >= 11 is 5.96. The zero-order valence-electron chi connectivity index (χ0n) is 9.39. The Kier molecular flexibility index (Phi) is 5.05. The first kappa shape index (κ1) is 14.1. The topological polar surface area (TPSA) is 24.9 Å². The van der Waals surface area contributed by atoms with Crippen molar-refractivity contribution in [2.75, 3.05) is 11.9 Å². The van der Waals surface area contributed by atoms with Crippen LogP contribution in [0.4, 0.5) is 19.0 Å². The fraction of sp³-hybridized carbons (Fsp3) is 0.545. The maximum absolute atomic E-state index is 12.3. The van der Waals surface area contributed by atoms with Crippen LogP contribution in [-0.4, -0.2) is 16.9 Å². The largest absolute Gasteiger partial charge is 0.417 e. The van der Waals surface area contributed by atoms with Gasteiger partial charge < -0.3 is 5.32 Å². The van der Waals surface area contributed by atoms with E-state index in [0.717, 1.165) is 25.1 Å². The smallest absolute Gasteiger partial charge is 0.369 e. The molecule has 1 aromatic rings. The highest BCUT2D eigenvalue weighted by Gasteiger charge is 2.30. The fourth-order valence-electron chi connectivity index (χ4n) is 1.30. The molecule has 0 spiro atoms. The van der Waals surface area contributed by atoms with Gasteiger partial charge in [0.25, 0.3) is 0 Å². The van der Waals surface area contributed by atoms with Crippen LogP contribution in [0.3, 0.4) is 0 Å². The number of hydrogen-bond acceptors (Lipinski definition) is 2. The molecule has 0 aliphatic carbocycles. The molecule has 0 aromatic carbocycles. The molecule has 0 aliphatic rings. The molecule has 17 heavy (non-hydrogen) atoms. The van der Waals surface area contributed by atoms with Crippen molar-refractivity contribution in [1.82, 2.24) is 4.98 Å². The van der Waals surface area contributed by atoms with Crippen molar-refractivity contribution in [3.05, 3.63) is 23.9 Å². The zero-order valence-corrected chi connectivity index (χ0v) is 10.1. The van der Waals surface area contributed by atoms with Crippen LogP contribution in [0.5, 0.6) is 0 Å². The van der Waals surface area contributed by atoms with E-state index in [9.17, 15) is 13.2 Å². The summed E-state index contributed by atoms with van der Waals surface area (Å²) in [4.78, 5) is 3.69. The quantitative estimate of drug-likeness (QED) is 0.817.